The van der Waals surface area contributed by atoms with E-state index in [1.807, 2.05) is 36.5 Å². The predicted molar refractivity (Wildman–Crippen MR) is 129 cm³/mol. The highest BCUT2D eigenvalue weighted by molar-refractivity contribution is 14.0. The van der Waals surface area contributed by atoms with Gasteiger partial charge in [0.25, 0.3) is 0 Å². The van der Waals surface area contributed by atoms with Crippen molar-refractivity contribution < 1.29 is 0 Å². The van der Waals surface area contributed by atoms with Crippen LogP contribution in [0.1, 0.15) is 50.2 Å². The molecular weight excluding hydrogens is 493 g/mol. The van der Waals surface area contributed by atoms with Crippen LogP contribution in [0.3, 0.4) is 0 Å². The first kappa shape index (κ1) is 22.8. The van der Waals surface area contributed by atoms with E-state index >= 15 is 0 Å². The molecule has 0 radical (unpaired) electrons. The Morgan fingerprint density at radius 2 is 1.83 bits per heavy atom. The van der Waals surface area contributed by atoms with Crippen molar-refractivity contribution in [1.82, 2.24) is 35.2 Å². The van der Waals surface area contributed by atoms with Crippen molar-refractivity contribution in [1.29, 1.82) is 0 Å². The van der Waals surface area contributed by atoms with Crippen LogP contribution in [-0.2, 0) is 20.6 Å². The number of aliphatic imine (C=N–C) groups is 1. The number of nitrogens with one attached hydrogen (secondary N) is 2. The molecule has 1 aliphatic heterocycles. The maximum atomic E-state index is 4.86. The molecule has 2 aliphatic rings. The largest absolute Gasteiger partial charge is 0.367 e. The number of hydrogen-bond acceptors (Lipinski definition) is 5. The number of rotatable bonds is 5. The van der Waals surface area contributed by atoms with Crippen molar-refractivity contribution >= 4 is 35.6 Å². The number of nitrogens with zero attached hydrogens (tertiary/aromatic N) is 7. The SMILES string of the molecule is Cc1nnc(CN=C(NC2CCCC2)NC2CCCN(c3cnn(C)c3)C2)n1C.I. The Morgan fingerprint density at radius 1 is 1.10 bits per heavy atom. The lowest BCUT2D eigenvalue weighted by Crippen LogP contribution is -2.52. The molecule has 9 nitrogen and oxygen atoms in total. The van der Waals surface area contributed by atoms with Gasteiger partial charge in [0.05, 0.1) is 11.9 Å². The standard InChI is InChI=1S/C20H33N9.HI/c1-15-25-26-19(28(15)3)12-21-20(23-16-7-4-5-8-16)24-17-9-6-10-29(13-17)18-11-22-27(2)14-18;/h11,14,16-17H,4-10,12-13H2,1-3H3,(H2,21,23,24);1H. The van der Waals surface area contributed by atoms with Crippen molar-refractivity contribution in [2.24, 2.45) is 19.1 Å². The summed E-state index contributed by atoms with van der Waals surface area (Å²) < 4.78 is 3.87. The van der Waals surface area contributed by atoms with Gasteiger partial charge in [-0.05, 0) is 32.6 Å². The third-order valence-corrected chi connectivity index (χ3v) is 6.08. The molecule has 0 spiro atoms. The average Bonchev–Trinajstić information content (AvgIpc) is 3.45. The van der Waals surface area contributed by atoms with Gasteiger partial charge in [-0.3, -0.25) is 4.68 Å². The Kier molecular flexibility index (Phi) is 7.95. The molecular formula is C20H34IN9. The molecule has 2 aromatic heterocycles. The number of aryl methyl sites for hydroxylation is 2. The van der Waals surface area contributed by atoms with E-state index in [-0.39, 0.29) is 24.0 Å². The molecule has 1 saturated carbocycles. The summed E-state index contributed by atoms with van der Waals surface area (Å²) in [6.45, 7) is 4.52. The minimum atomic E-state index is 0. The van der Waals surface area contributed by atoms with Gasteiger partial charge in [0, 0.05) is 45.5 Å². The molecule has 1 atom stereocenters. The zero-order valence-electron chi connectivity index (χ0n) is 18.2. The number of piperidine rings is 1. The summed E-state index contributed by atoms with van der Waals surface area (Å²) in [5.74, 6) is 2.69. The second-order valence-electron chi connectivity index (χ2n) is 8.31. The summed E-state index contributed by atoms with van der Waals surface area (Å²) in [5, 5.41) is 20.1. The van der Waals surface area contributed by atoms with Gasteiger partial charge in [-0.25, -0.2) is 4.99 Å². The molecule has 1 unspecified atom stereocenters. The summed E-state index contributed by atoms with van der Waals surface area (Å²) in [6.07, 6.45) is 11.4. The highest BCUT2D eigenvalue weighted by atomic mass is 127. The van der Waals surface area contributed by atoms with Gasteiger partial charge in [0.15, 0.2) is 11.8 Å². The van der Waals surface area contributed by atoms with Crippen LogP contribution in [0, 0.1) is 6.92 Å². The molecule has 2 aromatic rings. The molecule has 4 rings (SSSR count). The fourth-order valence-corrected chi connectivity index (χ4v) is 4.23. The first-order valence-corrected chi connectivity index (χ1v) is 10.7. The quantitative estimate of drug-likeness (QED) is 0.352. The highest BCUT2D eigenvalue weighted by Crippen LogP contribution is 2.20. The van der Waals surface area contributed by atoms with Crippen LogP contribution in [0.5, 0.6) is 0 Å². The van der Waals surface area contributed by atoms with Crippen molar-refractivity contribution in [3.05, 3.63) is 24.0 Å². The van der Waals surface area contributed by atoms with Gasteiger partial charge in [0.1, 0.15) is 12.4 Å². The Labute approximate surface area is 195 Å². The van der Waals surface area contributed by atoms with E-state index in [1.165, 1.54) is 31.4 Å². The monoisotopic (exact) mass is 527 g/mol. The Morgan fingerprint density at radius 3 is 2.50 bits per heavy atom. The Balaban J connectivity index is 0.00000256. The van der Waals surface area contributed by atoms with Crippen LogP contribution in [-0.4, -0.2) is 55.7 Å². The van der Waals surface area contributed by atoms with Crippen LogP contribution in [0.25, 0.3) is 0 Å². The molecule has 0 amide bonds. The Hall–Kier alpha value is -1.85. The fraction of sp³-hybridized carbons (Fsp3) is 0.700. The van der Waals surface area contributed by atoms with Gasteiger partial charge in [-0.1, -0.05) is 12.8 Å². The molecule has 0 aromatic carbocycles. The predicted octanol–water partition coefficient (Wildman–Crippen LogP) is 2.12. The number of halogens is 1. The second kappa shape index (κ2) is 10.5. The number of guanidine groups is 1. The summed E-state index contributed by atoms with van der Waals surface area (Å²) in [7, 11) is 3.96. The van der Waals surface area contributed by atoms with E-state index in [2.05, 4.69) is 37.0 Å². The van der Waals surface area contributed by atoms with Crippen LogP contribution in [0.2, 0.25) is 0 Å². The van der Waals surface area contributed by atoms with Crippen LogP contribution >= 0.6 is 24.0 Å². The third-order valence-electron chi connectivity index (χ3n) is 6.08. The maximum absolute atomic E-state index is 4.86. The highest BCUT2D eigenvalue weighted by Gasteiger charge is 2.23. The van der Waals surface area contributed by atoms with E-state index in [9.17, 15) is 0 Å². The summed E-state index contributed by atoms with van der Waals surface area (Å²) in [5.41, 5.74) is 1.19. The first-order valence-electron chi connectivity index (χ1n) is 10.7. The molecule has 2 fully saturated rings. The smallest absolute Gasteiger partial charge is 0.192 e. The summed E-state index contributed by atoms with van der Waals surface area (Å²) in [4.78, 5) is 7.27. The minimum Gasteiger partial charge on any atom is -0.367 e. The Bertz CT molecular complexity index is 837. The van der Waals surface area contributed by atoms with Crippen molar-refractivity contribution in [2.45, 2.75) is 64.1 Å². The lowest BCUT2D eigenvalue weighted by Gasteiger charge is -2.35. The van der Waals surface area contributed by atoms with Crippen molar-refractivity contribution in [3.8, 4) is 0 Å². The maximum Gasteiger partial charge on any atom is 0.192 e. The summed E-state index contributed by atoms with van der Waals surface area (Å²) in [6, 6.07) is 0.873. The molecule has 0 bridgehead atoms. The summed E-state index contributed by atoms with van der Waals surface area (Å²) >= 11 is 0. The molecule has 166 valence electrons. The molecule has 30 heavy (non-hydrogen) atoms. The van der Waals surface area contributed by atoms with Gasteiger partial charge >= 0.3 is 0 Å². The van der Waals surface area contributed by atoms with E-state index in [0.717, 1.165) is 43.5 Å². The number of hydrogen-bond donors (Lipinski definition) is 2. The van der Waals surface area contributed by atoms with E-state index in [4.69, 9.17) is 4.99 Å². The van der Waals surface area contributed by atoms with Crippen molar-refractivity contribution in [2.75, 3.05) is 18.0 Å². The second-order valence-corrected chi connectivity index (χ2v) is 8.31. The lowest BCUT2D eigenvalue weighted by atomic mass is 10.1. The van der Waals surface area contributed by atoms with Gasteiger partial charge in [-0.15, -0.1) is 34.2 Å². The number of aromatic nitrogens is 5. The molecule has 3 heterocycles. The third kappa shape index (κ3) is 5.64. The van der Waals surface area contributed by atoms with E-state index in [0.29, 0.717) is 18.6 Å². The van der Waals surface area contributed by atoms with E-state index in [1.54, 1.807) is 0 Å². The molecule has 1 saturated heterocycles. The fourth-order valence-electron chi connectivity index (χ4n) is 4.23. The van der Waals surface area contributed by atoms with Gasteiger partial charge in [-0.2, -0.15) is 5.10 Å². The normalized spacial score (nSPS) is 20.3. The topological polar surface area (TPSA) is 88.2 Å². The molecule has 1 aliphatic carbocycles. The lowest BCUT2D eigenvalue weighted by molar-refractivity contribution is 0.463. The van der Waals surface area contributed by atoms with Crippen LogP contribution in [0.4, 0.5) is 5.69 Å². The number of anilines is 1. The first-order chi connectivity index (χ1) is 14.1. The minimum absolute atomic E-state index is 0. The van der Waals surface area contributed by atoms with Crippen LogP contribution < -0.4 is 15.5 Å². The average molecular weight is 527 g/mol. The van der Waals surface area contributed by atoms with Gasteiger partial charge < -0.3 is 20.1 Å². The van der Waals surface area contributed by atoms with E-state index < -0.39 is 0 Å². The molecule has 2 N–H and O–H groups in total. The van der Waals surface area contributed by atoms with Crippen molar-refractivity contribution in [3.63, 3.8) is 0 Å². The zero-order chi connectivity index (χ0) is 20.2. The van der Waals surface area contributed by atoms with Gasteiger partial charge in [0.2, 0.25) is 0 Å². The molecule has 10 heteroatoms. The van der Waals surface area contributed by atoms with Crippen LogP contribution in [0.15, 0.2) is 17.4 Å². The zero-order valence-corrected chi connectivity index (χ0v) is 20.5.